The van der Waals surface area contributed by atoms with Crippen molar-refractivity contribution < 1.29 is 47.6 Å². The fraction of sp³-hybridized carbons (Fsp3) is 0.333. The second-order valence-electron chi connectivity index (χ2n) is 17.0. The highest BCUT2D eigenvalue weighted by Gasteiger charge is 2.27. The average molecular weight is 898 g/mol. The van der Waals surface area contributed by atoms with E-state index in [-0.39, 0.29) is 30.4 Å². The molecular formula is C51H55N5O10. The zero-order valence-electron chi connectivity index (χ0n) is 37.3. The van der Waals surface area contributed by atoms with Gasteiger partial charge in [-0.3, -0.25) is 9.69 Å². The molecule has 4 aromatic heterocycles. The van der Waals surface area contributed by atoms with Gasteiger partial charge >= 0.3 is 5.97 Å². The maximum Gasteiger partial charge on any atom is 0.352 e. The second-order valence-corrected chi connectivity index (χ2v) is 17.0. The maximum atomic E-state index is 13.2. The van der Waals surface area contributed by atoms with Gasteiger partial charge in [-0.15, -0.1) is 0 Å². The first-order valence-electron chi connectivity index (χ1n) is 22.4. The summed E-state index contributed by atoms with van der Waals surface area (Å²) in [6.07, 6.45) is 6.83. The number of nitrogens with zero attached hydrogens (tertiary/aromatic N) is 2. The number of likely N-dealkylation sites (tertiary alicyclic amines) is 2. The number of ether oxygens (including phenoxy) is 4. The molecule has 66 heavy (non-hydrogen) atoms. The number of aromatic nitrogens is 2. The summed E-state index contributed by atoms with van der Waals surface area (Å²) in [4.78, 5) is 35.5. The zero-order valence-corrected chi connectivity index (χ0v) is 37.3. The van der Waals surface area contributed by atoms with Crippen LogP contribution in [-0.4, -0.2) is 107 Å². The number of hydrogen-bond donors (Lipinski definition) is 5. The molecule has 0 aliphatic carbocycles. The molecule has 1 amide bonds. The van der Waals surface area contributed by atoms with E-state index in [1.807, 2.05) is 72.8 Å². The molecule has 2 aliphatic rings. The first-order chi connectivity index (χ1) is 32.1. The van der Waals surface area contributed by atoms with E-state index in [9.17, 15) is 14.7 Å². The number of H-pyrrole nitrogens is 2. The number of aliphatic hydroxyl groups is 1. The fourth-order valence-corrected chi connectivity index (χ4v) is 9.18. The van der Waals surface area contributed by atoms with Gasteiger partial charge in [0.1, 0.15) is 58.8 Å². The third-order valence-corrected chi connectivity index (χ3v) is 12.8. The van der Waals surface area contributed by atoms with Crippen molar-refractivity contribution in [3.05, 3.63) is 120 Å². The van der Waals surface area contributed by atoms with Crippen molar-refractivity contribution in [1.82, 2.24) is 25.1 Å². The van der Waals surface area contributed by atoms with Crippen LogP contribution in [0, 0.1) is 0 Å². The molecule has 2 aliphatic heterocycles. The topological polar surface area (TPSA) is 188 Å². The molecule has 2 fully saturated rings. The van der Waals surface area contributed by atoms with Crippen LogP contribution in [0.2, 0.25) is 0 Å². The number of piperidine rings is 2. The van der Waals surface area contributed by atoms with Crippen LogP contribution < -0.4 is 24.3 Å². The summed E-state index contributed by atoms with van der Waals surface area (Å²) >= 11 is 0. The minimum absolute atomic E-state index is 0.0867. The highest BCUT2D eigenvalue weighted by atomic mass is 16.5. The number of benzene rings is 4. The molecule has 15 nitrogen and oxygen atoms in total. The summed E-state index contributed by atoms with van der Waals surface area (Å²) < 4.78 is 34.3. The Morgan fingerprint density at radius 2 is 1.21 bits per heavy atom. The van der Waals surface area contributed by atoms with Crippen LogP contribution in [0.3, 0.4) is 0 Å². The summed E-state index contributed by atoms with van der Waals surface area (Å²) in [5, 5.41) is 25.5. The van der Waals surface area contributed by atoms with Crippen LogP contribution in [-0.2, 0) is 13.2 Å². The number of amides is 1. The standard InChI is InChI=1S/C32H40N4O5.C19H15NO5/c1-21(36-15-11-24(37)12-16-36)18-35-13-9-23(10-14-35)33-32(38)27-17-25-26(34-27)5-3-6-28(25)40-19-22-20-41-30-8-4-7-29(39-2)31(22)30;1-23-16-6-3-7-17-18(16)11(10-25-17)9-24-15-5-2-4-13-12(15)8-14(20-13)19(21)22/h3-8,17,20-21,23-24,34,37H,9-16,18-19H2,1-2H3,(H,33,38);2-8,10,20H,9H2,1H3,(H,21,22)/t21-;/m0./s1. The van der Waals surface area contributed by atoms with Crippen LogP contribution in [0.1, 0.15) is 64.7 Å². The van der Waals surface area contributed by atoms with Gasteiger partial charge in [0.25, 0.3) is 5.91 Å². The van der Waals surface area contributed by atoms with Crippen LogP contribution in [0.25, 0.3) is 43.7 Å². The van der Waals surface area contributed by atoms with Crippen molar-refractivity contribution in [2.24, 2.45) is 0 Å². The van der Waals surface area contributed by atoms with E-state index < -0.39 is 5.97 Å². The van der Waals surface area contributed by atoms with Crippen molar-refractivity contribution >= 4 is 55.6 Å². The third kappa shape index (κ3) is 9.55. The van der Waals surface area contributed by atoms with Crippen LogP contribution >= 0.6 is 0 Å². The van der Waals surface area contributed by atoms with E-state index >= 15 is 0 Å². The number of aromatic carboxylic acids is 1. The number of rotatable bonds is 14. The molecule has 15 heteroatoms. The number of nitrogens with one attached hydrogen (secondary N) is 3. The van der Waals surface area contributed by atoms with Gasteiger partial charge in [-0.2, -0.15) is 0 Å². The summed E-state index contributed by atoms with van der Waals surface area (Å²) in [5.41, 5.74) is 5.48. The Bertz CT molecular complexity index is 2950. The van der Waals surface area contributed by atoms with E-state index in [0.29, 0.717) is 35.4 Å². The normalized spacial score (nSPS) is 15.8. The number of hydrogen-bond acceptors (Lipinski definition) is 11. The number of carboxylic acids is 1. The summed E-state index contributed by atoms with van der Waals surface area (Å²) in [6.45, 7) is 7.81. The molecular weight excluding hydrogens is 843 g/mol. The molecule has 10 rings (SSSR count). The summed E-state index contributed by atoms with van der Waals surface area (Å²) in [7, 11) is 3.26. The molecule has 4 aromatic carbocycles. The molecule has 6 heterocycles. The third-order valence-electron chi connectivity index (χ3n) is 12.8. The molecule has 2 saturated heterocycles. The van der Waals surface area contributed by atoms with E-state index in [1.54, 1.807) is 38.9 Å². The summed E-state index contributed by atoms with van der Waals surface area (Å²) in [5.74, 6) is 1.68. The van der Waals surface area contributed by atoms with E-state index in [0.717, 1.165) is 119 Å². The number of fused-ring (bicyclic) bond motifs is 4. The average Bonchev–Trinajstić information content (AvgIpc) is 4.16. The van der Waals surface area contributed by atoms with Crippen LogP contribution in [0.5, 0.6) is 23.0 Å². The first-order valence-corrected chi connectivity index (χ1v) is 22.4. The lowest BCUT2D eigenvalue weighted by molar-refractivity contribution is 0.0497. The van der Waals surface area contributed by atoms with Gasteiger partial charge in [0.15, 0.2) is 0 Å². The van der Waals surface area contributed by atoms with E-state index in [2.05, 4.69) is 32.0 Å². The molecule has 0 spiro atoms. The molecule has 0 radical (unpaired) electrons. The smallest absolute Gasteiger partial charge is 0.352 e. The molecule has 1 atom stereocenters. The molecule has 0 unspecified atom stereocenters. The number of aromatic amines is 2. The van der Waals surface area contributed by atoms with Gasteiger partial charge in [-0.1, -0.05) is 24.3 Å². The van der Waals surface area contributed by atoms with E-state index in [4.69, 9.17) is 32.9 Å². The number of aliphatic hydroxyl groups excluding tert-OH is 1. The number of methoxy groups -OCH3 is 2. The maximum absolute atomic E-state index is 13.2. The SMILES string of the molecule is COc1cccc2occ(COc3cccc4[nH]c(C(=O)NC5CCN(C[C@H](C)N6CCC(O)CC6)CC5)cc34)c12.COc1cccc2occ(COc3cccc4[nH]c(C(=O)O)cc34)c12. The quantitative estimate of drug-likeness (QED) is 0.0700. The first kappa shape index (κ1) is 44.3. The number of furan rings is 2. The Morgan fingerprint density at radius 3 is 1.74 bits per heavy atom. The van der Waals surface area contributed by atoms with Gasteiger partial charge in [0, 0.05) is 77.7 Å². The predicted molar refractivity (Wildman–Crippen MR) is 251 cm³/mol. The molecule has 344 valence electrons. The lowest BCUT2D eigenvalue weighted by Gasteiger charge is -2.39. The molecule has 0 saturated carbocycles. The second kappa shape index (κ2) is 19.7. The lowest BCUT2D eigenvalue weighted by atomic mass is 10.0. The zero-order chi connectivity index (χ0) is 45.7. The minimum Gasteiger partial charge on any atom is -0.496 e. The van der Waals surface area contributed by atoms with Crippen molar-refractivity contribution in [3.8, 4) is 23.0 Å². The molecule has 0 bridgehead atoms. The van der Waals surface area contributed by atoms with Crippen molar-refractivity contribution in [1.29, 1.82) is 0 Å². The van der Waals surface area contributed by atoms with Gasteiger partial charge in [-0.05, 0) is 93.3 Å². The molecule has 5 N–H and O–H groups in total. The Balaban J connectivity index is 0.000000187. The van der Waals surface area contributed by atoms with Gasteiger partial charge < -0.3 is 58.2 Å². The van der Waals surface area contributed by atoms with Gasteiger partial charge in [0.2, 0.25) is 0 Å². The van der Waals surface area contributed by atoms with Gasteiger partial charge in [0.05, 0.1) is 43.6 Å². The Labute approximate surface area is 381 Å². The Hall–Kier alpha value is -6.94. The lowest BCUT2D eigenvalue weighted by Crippen LogP contribution is -2.50. The Kier molecular flexibility index (Phi) is 13.2. The Morgan fingerprint density at radius 1 is 0.712 bits per heavy atom. The van der Waals surface area contributed by atoms with E-state index in [1.165, 1.54) is 0 Å². The van der Waals surface area contributed by atoms with Crippen molar-refractivity contribution in [3.63, 3.8) is 0 Å². The fourth-order valence-electron chi connectivity index (χ4n) is 9.18. The molecule has 8 aromatic rings. The predicted octanol–water partition coefficient (Wildman–Crippen LogP) is 8.74. The van der Waals surface area contributed by atoms with Gasteiger partial charge in [-0.25, -0.2) is 4.79 Å². The number of carboxylic acid groups (broad SMARTS) is 1. The number of carbonyl (C=O) groups excluding carboxylic acids is 1. The van der Waals surface area contributed by atoms with Crippen LogP contribution in [0.4, 0.5) is 0 Å². The minimum atomic E-state index is -1.01. The number of carbonyl (C=O) groups is 2. The largest absolute Gasteiger partial charge is 0.496 e. The highest BCUT2D eigenvalue weighted by molar-refractivity contribution is 6.00. The highest BCUT2D eigenvalue weighted by Crippen LogP contribution is 2.35. The monoisotopic (exact) mass is 897 g/mol. The van der Waals surface area contributed by atoms with Crippen LogP contribution in [0.15, 0.2) is 106 Å². The van der Waals surface area contributed by atoms with Crippen molar-refractivity contribution in [2.45, 2.75) is 64.0 Å². The van der Waals surface area contributed by atoms with Crippen molar-refractivity contribution in [2.75, 3.05) is 46.9 Å². The summed E-state index contributed by atoms with van der Waals surface area (Å²) in [6, 6.07) is 26.6.